The number of alkyl carbamates (subject to hydrolysis) is 1. The Kier molecular flexibility index (Phi) is 5.65. The van der Waals surface area contributed by atoms with Crippen molar-refractivity contribution < 1.29 is 18.8 Å². The van der Waals surface area contributed by atoms with Crippen LogP contribution in [0.15, 0.2) is 12.1 Å². The van der Waals surface area contributed by atoms with Crippen molar-refractivity contribution in [3.8, 4) is 0 Å². The Morgan fingerprint density at radius 3 is 2.00 bits per heavy atom. The van der Waals surface area contributed by atoms with Crippen molar-refractivity contribution in [1.82, 2.24) is 5.32 Å². The second kappa shape index (κ2) is 6.95. The lowest BCUT2D eigenvalue weighted by Crippen LogP contribution is -2.41. The van der Waals surface area contributed by atoms with E-state index in [9.17, 15) is 4.79 Å². The van der Waals surface area contributed by atoms with Gasteiger partial charge in [-0.25, -0.2) is 4.79 Å². The van der Waals surface area contributed by atoms with Crippen molar-refractivity contribution in [2.75, 3.05) is 0 Å². The fourth-order valence-corrected chi connectivity index (χ4v) is 3.27. The van der Waals surface area contributed by atoms with E-state index in [1.807, 2.05) is 20.8 Å². The van der Waals surface area contributed by atoms with E-state index in [1.165, 1.54) is 0 Å². The molecule has 0 atom stereocenters. The lowest BCUT2D eigenvalue weighted by Gasteiger charge is -2.32. The maximum Gasteiger partial charge on any atom is 0.490 e. The Balaban J connectivity index is 1.82. The molecule has 6 heteroatoms. The summed E-state index contributed by atoms with van der Waals surface area (Å²) in [6.07, 6.45) is 3.46. The van der Waals surface area contributed by atoms with Crippen LogP contribution in [0, 0.1) is 5.92 Å². The van der Waals surface area contributed by atoms with Gasteiger partial charge in [-0.3, -0.25) is 0 Å². The van der Waals surface area contributed by atoms with E-state index in [2.05, 4.69) is 39.6 Å². The highest BCUT2D eigenvalue weighted by atomic mass is 16.7. The van der Waals surface area contributed by atoms with E-state index in [-0.39, 0.29) is 30.5 Å². The third-order valence-electron chi connectivity index (χ3n) is 5.53. The van der Waals surface area contributed by atoms with Crippen molar-refractivity contribution in [2.45, 2.75) is 97.0 Å². The average molecular weight is 351 g/mol. The van der Waals surface area contributed by atoms with Crippen molar-refractivity contribution >= 4 is 13.2 Å². The molecule has 0 aromatic heterocycles. The highest BCUT2D eigenvalue weighted by Crippen LogP contribution is 2.41. The Morgan fingerprint density at radius 2 is 1.56 bits per heavy atom. The van der Waals surface area contributed by atoms with Gasteiger partial charge in [0.1, 0.15) is 5.60 Å². The summed E-state index contributed by atoms with van der Waals surface area (Å²) in [5.74, 6) is 0.367. The summed E-state index contributed by atoms with van der Waals surface area (Å²) < 4.78 is 17.6. The third-order valence-corrected chi connectivity index (χ3v) is 5.53. The van der Waals surface area contributed by atoms with Gasteiger partial charge in [0.2, 0.25) is 0 Å². The number of ether oxygens (including phenoxy) is 1. The molecule has 1 saturated heterocycles. The zero-order chi connectivity index (χ0) is 19.0. The number of rotatable bonds is 3. The monoisotopic (exact) mass is 351 g/mol. The Labute approximate surface area is 153 Å². The molecule has 2 rings (SSSR count). The molecule has 1 saturated carbocycles. The minimum Gasteiger partial charge on any atom is -0.444 e. The fraction of sp³-hybridized carbons (Fsp3) is 0.842. The molecule has 5 nitrogen and oxygen atoms in total. The van der Waals surface area contributed by atoms with Crippen LogP contribution in [0.1, 0.15) is 74.1 Å². The number of hydrogen-bond donors (Lipinski definition) is 1. The maximum atomic E-state index is 11.9. The van der Waals surface area contributed by atoms with E-state index in [0.717, 1.165) is 31.2 Å². The second-order valence-corrected chi connectivity index (χ2v) is 9.36. The van der Waals surface area contributed by atoms with Crippen LogP contribution in [0.2, 0.25) is 0 Å². The van der Waals surface area contributed by atoms with Gasteiger partial charge < -0.3 is 19.4 Å². The molecule has 142 valence electrons. The molecule has 25 heavy (non-hydrogen) atoms. The summed E-state index contributed by atoms with van der Waals surface area (Å²) in [5, 5.41) is 2.98. The van der Waals surface area contributed by atoms with Crippen molar-refractivity contribution in [2.24, 2.45) is 5.92 Å². The SMILES string of the molecule is C=C(B1OC(C)(C)C(C)(C)O1)C1CCC(NC(=O)OC(C)(C)C)CC1. The molecule has 0 spiro atoms. The molecule has 0 bridgehead atoms. The summed E-state index contributed by atoms with van der Waals surface area (Å²) in [6, 6.07) is 0.164. The molecular weight excluding hydrogens is 317 g/mol. The molecular formula is C19H34BNO4. The number of carbonyl (C=O) groups is 1. The normalized spacial score (nSPS) is 28.5. The molecule has 0 unspecified atom stereocenters. The summed E-state index contributed by atoms with van der Waals surface area (Å²) in [6.45, 7) is 18.1. The predicted molar refractivity (Wildman–Crippen MR) is 100 cm³/mol. The first kappa shape index (κ1) is 20.3. The third kappa shape index (κ3) is 5.01. The van der Waals surface area contributed by atoms with E-state index >= 15 is 0 Å². The minimum atomic E-state index is -0.466. The van der Waals surface area contributed by atoms with Gasteiger partial charge in [0, 0.05) is 6.04 Å². The van der Waals surface area contributed by atoms with Gasteiger partial charge in [-0.2, -0.15) is 0 Å². The number of hydrogen-bond acceptors (Lipinski definition) is 4. The van der Waals surface area contributed by atoms with Gasteiger partial charge in [0.25, 0.3) is 0 Å². The fourth-order valence-electron chi connectivity index (χ4n) is 3.27. The smallest absolute Gasteiger partial charge is 0.444 e. The van der Waals surface area contributed by atoms with Crippen LogP contribution in [0.4, 0.5) is 4.79 Å². The zero-order valence-corrected chi connectivity index (χ0v) is 16.9. The van der Waals surface area contributed by atoms with Crippen LogP contribution in [0.3, 0.4) is 0 Å². The Bertz CT molecular complexity index is 500. The van der Waals surface area contributed by atoms with Crippen molar-refractivity contribution in [3.05, 3.63) is 12.1 Å². The largest absolute Gasteiger partial charge is 0.490 e. The molecule has 2 fully saturated rings. The van der Waals surface area contributed by atoms with Gasteiger partial charge in [-0.05, 0) is 85.5 Å². The highest BCUT2D eigenvalue weighted by molar-refractivity contribution is 6.54. The first-order valence-corrected chi connectivity index (χ1v) is 9.34. The topological polar surface area (TPSA) is 56.8 Å². The van der Waals surface area contributed by atoms with Crippen molar-refractivity contribution in [1.29, 1.82) is 0 Å². The number of amides is 1. The molecule has 0 radical (unpaired) electrons. The summed E-state index contributed by atoms with van der Waals surface area (Å²) in [4.78, 5) is 11.9. The second-order valence-electron chi connectivity index (χ2n) is 9.36. The van der Waals surface area contributed by atoms with Crippen LogP contribution < -0.4 is 5.32 Å². The van der Waals surface area contributed by atoms with E-state index in [1.54, 1.807) is 0 Å². The van der Waals surface area contributed by atoms with Gasteiger partial charge in [0.15, 0.2) is 0 Å². The zero-order valence-electron chi connectivity index (χ0n) is 16.9. The van der Waals surface area contributed by atoms with Crippen LogP contribution in [0.25, 0.3) is 0 Å². The standard InChI is InChI=1S/C19H34BNO4/c1-13(20-24-18(5,6)19(7,8)25-20)14-9-11-15(12-10-14)21-16(22)23-17(2,3)4/h14-15H,1,9-12H2,2-8H3,(H,21,22). The Hall–Kier alpha value is -1.01. The van der Waals surface area contributed by atoms with E-state index in [0.29, 0.717) is 5.92 Å². The number of carbonyl (C=O) groups excluding carboxylic acids is 1. The quantitative estimate of drug-likeness (QED) is 0.772. The van der Waals surface area contributed by atoms with Crippen LogP contribution in [-0.4, -0.2) is 36.1 Å². The van der Waals surface area contributed by atoms with E-state index < -0.39 is 5.60 Å². The average Bonchev–Trinajstić information content (AvgIpc) is 2.65. The summed E-state index contributed by atoms with van der Waals surface area (Å²) >= 11 is 0. The summed E-state index contributed by atoms with van der Waals surface area (Å²) in [7, 11) is -0.342. The van der Waals surface area contributed by atoms with E-state index in [4.69, 9.17) is 14.0 Å². The van der Waals surface area contributed by atoms with Gasteiger partial charge in [0.05, 0.1) is 11.2 Å². The molecule has 1 amide bonds. The van der Waals surface area contributed by atoms with Crippen LogP contribution >= 0.6 is 0 Å². The van der Waals surface area contributed by atoms with Crippen LogP contribution in [-0.2, 0) is 14.0 Å². The molecule has 2 aliphatic rings. The van der Waals surface area contributed by atoms with Gasteiger partial charge in [-0.15, -0.1) is 6.58 Å². The molecule has 1 N–H and O–H groups in total. The Morgan fingerprint density at radius 1 is 1.08 bits per heavy atom. The first-order valence-electron chi connectivity index (χ1n) is 9.34. The predicted octanol–water partition coefficient (Wildman–Crippen LogP) is 4.26. The molecule has 0 aromatic carbocycles. The minimum absolute atomic E-state index is 0.164. The molecule has 1 aliphatic heterocycles. The summed E-state index contributed by atoms with van der Waals surface area (Å²) in [5.41, 5.74) is -0.118. The number of allylic oxidation sites excluding steroid dienone is 1. The highest BCUT2D eigenvalue weighted by Gasteiger charge is 2.52. The molecule has 1 aliphatic carbocycles. The molecule has 1 heterocycles. The lowest BCUT2D eigenvalue weighted by atomic mass is 9.67. The maximum absolute atomic E-state index is 11.9. The lowest BCUT2D eigenvalue weighted by molar-refractivity contribution is 0.00578. The van der Waals surface area contributed by atoms with Crippen molar-refractivity contribution in [3.63, 3.8) is 0 Å². The molecule has 0 aromatic rings. The first-order chi connectivity index (χ1) is 11.3. The van der Waals surface area contributed by atoms with Gasteiger partial charge in [-0.1, -0.05) is 0 Å². The van der Waals surface area contributed by atoms with Crippen LogP contribution in [0.5, 0.6) is 0 Å². The van der Waals surface area contributed by atoms with Gasteiger partial charge >= 0.3 is 13.2 Å². The number of nitrogens with one attached hydrogen (secondary N) is 1.